The molecule has 2 aromatic heterocycles. The summed E-state index contributed by atoms with van der Waals surface area (Å²) in [4.78, 5) is 8.72. The van der Waals surface area contributed by atoms with Crippen molar-refractivity contribution in [1.29, 1.82) is 0 Å². The van der Waals surface area contributed by atoms with Crippen LogP contribution in [-0.2, 0) is 10.0 Å². The van der Waals surface area contributed by atoms with Crippen LogP contribution in [0, 0.1) is 0 Å². The molecule has 2 aromatic carbocycles. The summed E-state index contributed by atoms with van der Waals surface area (Å²) in [6, 6.07) is 14.5. The summed E-state index contributed by atoms with van der Waals surface area (Å²) in [6.07, 6.45) is 0. The van der Waals surface area contributed by atoms with Gasteiger partial charge in [0.1, 0.15) is 5.01 Å². The largest absolute Gasteiger partial charge is 0.263 e. The summed E-state index contributed by atoms with van der Waals surface area (Å²) < 4.78 is 28.5. The molecular weight excluding hydrogens is 362 g/mol. The van der Waals surface area contributed by atoms with Crippen molar-refractivity contribution < 1.29 is 8.42 Å². The third-order valence-corrected chi connectivity index (χ3v) is 6.41. The molecule has 0 fully saturated rings. The van der Waals surface area contributed by atoms with Gasteiger partial charge in [-0.25, -0.2) is 18.4 Å². The van der Waals surface area contributed by atoms with E-state index in [-0.39, 0.29) is 4.90 Å². The summed E-state index contributed by atoms with van der Waals surface area (Å²) in [5.41, 5.74) is 3.44. The molecule has 1 N–H and O–H groups in total. The Kier molecular flexibility index (Phi) is 3.79. The molecule has 0 saturated carbocycles. The van der Waals surface area contributed by atoms with E-state index in [4.69, 9.17) is 0 Å². The number of rotatable bonds is 4. The lowest BCUT2D eigenvalue weighted by molar-refractivity contribution is 0.601. The van der Waals surface area contributed by atoms with Crippen LogP contribution in [0.25, 0.3) is 20.8 Å². The van der Waals surface area contributed by atoms with E-state index in [9.17, 15) is 8.42 Å². The van der Waals surface area contributed by atoms with E-state index in [0.717, 1.165) is 20.8 Å². The van der Waals surface area contributed by atoms with Crippen LogP contribution >= 0.6 is 22.7 Å². The molecule has 0 aliphatic rings. The van der Waals surface area contributed by atoms with Gasteiger partial charge >= 0.3 is 0 Å². The monoisotopic (exact) mass is 373 g/mol. The number of aromatic nitrogens is 2. The van der Waals surface area contributed by atoms with E-state index >= 15 is 0 Å². The molecule has 0 aliphatic heterocycles. The predicted molar refractivity (Wildman–Crippen MR) is 98.0 cm³/mol. The molecule has 0 unspecified atom stereocenters. The van der Waals surface area contributed by atoms with Gasteiger partial charge in [-0.1, -0.05) is 30.3 Å². The Morgan fingerprint density at radius 1 is 1.00 bits per heavy atom. The number of anilines is 1. The van der Waals surface area contributed by atoms with Gasteiger partial charge in [0.15, 0.2) is 5.82 Å². The highest BCUT2D eigenvalue weighted by Gasteiger charge is 2.17. The van der Waals surface area contributed by atoms with Gasteiger partial charge in [-0.2, -0.15) is 0 Å². The lowest BCUT2D eigenvalue weighted by Crippen LogP contribution is -2.13. The van der Waals surface area contributed by atoms with Gasteiger partial charge in [0.25, 0.3) is 10.0 Å². The maximum atomic E-state index is 12.6. The molecule has 24 heavy (non-hydrogen) atoms. The Hall–Kier alpha value is -2.29. The van der Waals surface area contributed by atoms with E-state index in [1.165, 1.54) is 22.7 Å². The van der Waals surface area contributed by atoms with Crippen LogP contribution in [0.15, 0.2) is 64.3 Å². The Morgan fingerprint density at radius 2 is 1.83 bits per heavy atom. The summed E-state index contributed by atoms with van der Waals surface area (Å²) in [5, 5.41) is 2.47. The normalized spacial score (nSPS) is 11.7. The van der Waals surface area contributed by atoms with Crippen LogP contribution < -0.4 is 4.72 Å². The van der Waals surface area contributed by atoms with Crippen LogP contribution in [0.5, 0.6) is 0 Å². The number of hydrogen-bond acceptors (Lipinski definition) is 6. The van der Waals surface area contributed by atoms with Crippen molar-refractivity contribution in [3.05, 3.63) is 59.4 Å². The molecule has 8 heteroatoms. The van der Waals surface area contributed by atoms with Crippen molar-refractivity contribution in [2.45, 2.75) is 4.90 Å². The second kappa shape index (κ2) is 5.97. The van der Waals surface area contributed by atoms with E-state index in [2.05, 4.69) is 14.7 Å². The predicted octanol–water partition coefficient (Wildman–Crippen LogP) is 4.22. The number of fused-ring (bicyclic) bond motifs is 1. The molecule has 2 heterocycles. The Morgan fingerprint density at radius 3 is 2.67 bits per heavy atom. The molecule has 4 aromatic rings. The van der Waals surface area contributed by atoms with Gasteiger partial charge < -0.3 is 0 Å². The van der Waals surface area contributed by atoms with Gasteiger partial charge in [0, 0.05) is 10.9 Å². The summed E-state index contributed by atoms with van der Waals surface area (Å²) in [5.74, 6) is 0.322. The smallest absolute Gasteiger partial charge is 0.263 e. The lowest BCUT2D eigenvalue weighted by atomic mass is 10.2. The summed E-state index contributed by atoms with van der Waals surface area (Å²) in [7, 11) is -3.68. The Labute approximate surface area is 146 Å². The average molecular weight is 373 g/mol. The van der Waals surface area contributed by atoms with Crippen molar-refractivity contribution in [3.63, 3.8) is 0 Å². The van der Waals surface area contributed by atoms with Crippen molar-refractivity contribution in [2.24, 2.45) is 0 Å². The van der Waals surface area contributed by atoms with Crippen LogP contribution in [0.1, 0.15) is 0 Å². The highest BCUT2D eigenvalue weighted by molar-refractivity contribution is 7.92. The number of benzene rings is 2. The molecule has 5 nitrogen and oxygen atoms in total. The van der Waals surface area contributed by atoms with Gasteiger partial charge in [0.2, 0.25) is 0 Å². The fraction of sp³-hybridized carbons (Fsp3) is 0. The van der Waals surface area contributed by atoms with Crippen molar-refractivity contribution in [3.8, 4) is 10.6 Å². The van der Waals surface area contributed by atoms with Gasteiger partial charge in [-0.15, -0.1) is 22.7 Å². The zero-order chi connectivity index (χ0) is 16.6. The first-order valence-corrected chi connectivity index (χ1v) is 10.2. The Balaban J connectivity index is 1.63. The van der Waals surface area contributed by atoms with E-state index in [0.29, 0.717) is 5.82 Å². The van der Waals surface area contributed by atoms with Crippen LogP contribution in [0.2, 0.25) is 0 Å². The van der Waals surface area contributed by atoms with Crippen LogP contribution in [-0.4, -0.2) is 18.4 Å². The maximum Gasteiger partial charge on any atom is 0.263 e. The molecule has 120 valence electrons. The maximum absolute atomic E-state index is 12.6. The first-order chi connectivity index (χ1) is 11.6. The fourth-order valence-corrected chi connectivity index (χ4v) is 4.87. The van der Waals surface area contributed by atoms with E-state index < -0.39 is 10.0 Å². The van der Waals surface area contributed by atoms with Crippen molar-refractivity contribution in [1.82, 2.24) is 9.97 Å². The number of thiazole rings is 2. The summed E-state index contributed by atoms with van der Waals surface area (Å²) in [6.45, 7) is 0. The SMILES string of the molecule is O=S(=O)(Nc1csc(-c2ccccc2)n1)c1ccc2ncsc2c1. The number of sulfonamides is 1. The molecule has 0 spiro atoms. The molecular formula is C16H11N3O2S3. The molecule has 0 aliphatic carbocycles. The van der Waals surface area contributed by atoms with E-state index in [1.807, 2.05) is 30.3 Å². The molecule has 0 bridgehead atoms. The van der Waals surface area contributed by atoms with Crippen molar-refractivity contribution >= 4 is 48.7 Å². The minimum atomic E-state index is -3.68. The zero-order valence-corrected chi connectivity index (χ0v) is 14.7. The molecule has 0 amide bonds. The highest BCUT2D eigenvalue weighted by Crippen LogP contribution is 2.28. The molecule has 0 saturated heterocycles. The minimum Gasteiger partial charge on any atom is -0.263 e. The van der Waals surface area contributed by atoms with Crippen LogP contribution in [0.4, 0.5) is 5.82 Å². The topological polar surface area (TPSA) is 72.0 Å². The summed E-state index contributed by atoms with van der Waals surface area (Å²) >= 11 is 2.80. The molecule has 0 radical (unpaired) electrons. The second-order valence-corrected chi connectivity index (χ2v) is 8.42. The van der Waals surface area contributed by atoms with E-state index in [1.54, 1.807) is 29.1 Å². The second-order valence-electron chi connectivity index (χ2n) is 4.99. The molecule has 4 rings (SSSR count). The number of nitrogens with zero attached hydrogens (tertiary/aromatic N) is 2. The first kappa shape index (κ1) is 15.3. The van der Waals surface area contributed by atoms with Crippen LogP contribution in [0.3, 0.4) is 0 Å². The quantitative estimate of drug-likeness (QED) is 0.581. The van der Waals surface area contributed by atoms with Gasteiger partial charge in [0.05, 0.1) is 20.6 Å². The number of hydrogen-bond donors (Lipinski definition) is 1. The van der Waals surface area contributed by atoms with Gasteiger partial charge in [-0.3, -0.25) is 4.72 Å². The lowest BCUT2D eigenvalue weighted by Gasteiger charge is -2.05. The third-order valence-electron chi connectivity index (χ3n) is 3.38. The third kappa shape index (κ3) is 2.91. The fourth-order valence-electron chi connectivity index (χ4n) is 2.23. The minimum absolute atomic E-state index is 0.202. The molecule has 0 atom stereocenters. The number of nitrogens with one attached hydrogen (secondary N) is 1. The standard InChI is InChI=1S/C16H11N3O2S3/c20-24(21,12-6-7-13-14(8-12)23-10-17-13)19-15-9-22-16(18-15)11-4-2-1-3-5-11/h1-10,19H. The Bertz CT molecular complexity index is 1100. The van der Waals surface area contributed by atoms with Gasteiger partial charge in [-0.05, 0) is 18.2 Å². The van der Waals surface area contributed by atoms with Crippen molar-refractivity contribution in [2.75, 3.05) is 4.72 Å². The zero-order valence-electron chi connectivity index (χ0n) is 12.2. The first-order valence-electron chi connectivity index (χ1n) is 6.99. The highest BCUT2D eigenvalue weighted by atomic mass is 32.2. The average Bonchev–Trinajstić information content (AvgIpc) is 3.23.